The summed E-state index contributed by atoms with van der Waals surface area (Å²) in [5, 5.41) is 7.25. The molecule has 0 aliphatic heterocycles. The maximum absolute atomic E-state index is 13.2. The lowest BCUT2D eigenvalue weighted by atomic mass is 10.3. The number of benzene rings is 1. The van der Waals surface area contributed by atoms with E-state index < -0.39 is 0 Å². The smallest absolute Gasteiger partial charge is 0.246 e. The van der Waals surface area contributed by atoms with Gasteiger partial charge in [0.1, 0.15) is 17.9 Å². The van der Waals surface area contributed by atoms with Crippen molar-refractivity contribution in [3.05, 3.63) is 30.3 Å². The number of nitrogens with one attached hydrogen (secondary N) is 1. The fourth-order valence-corrected chi connectivity index (χ4v) is 1.75. The number of hydrogen-bond acceptors (Lipinski definition) is 4. The van der Waals surface area contributed by atoms with Crippen LogP contribution in [0.25, 0.3) is 0 Å². The monoisotopic (exact) mass is 248 g/mol. The van der Waals surface area contributed by atoms with Gasteiger partial charge < -0.3 is 10.1 Å². The third-order valence-electron chi connectivity index (χ3n) is 2.84. The molecule has 0 bridgehead atoms. The molecule has 6 heteroatoms. The number of aromatic nitrogens is 3. The van der Waals surface area contributed by atoms with Crippen molar-refractivity contribution in [2.45, 2.75) is 18.9 Å². The Bertz CT molecular complexity index is 565. The standard InChI is InChI=1S/C12H13FN4O/c1-18-11-5-2-8(13)6-10(11)15-12-14-7-17(16-12)9-3-4-9/h2,5-7,9H,3-4H2,1H3,(H,15,16). The summed E-state index contributed by atoms with van der Waals surface area (Å²) in [4.78, 5) is 4.14. The summed E-state index contributed by atoms with van der Waals surface area (Å²) in [6.07, 6.45) is 3.98. The van der Waals surface area contributed by atoms with Gasteiger partial charge in [-0.15, -0.1) is 5.10 Å². The lowest BCUT2D eigenvalue weighted by molar-refractivity contribution is 0.415. The molecule has 1 aliphatic carbocycles. The van der Waals surface area contributed by atoms with Crippen molar-refractivity contribution < 1.29 is 9.13 Å². The average Bonchev–Trinajstić information content (AvgIpc) is 3.11. The zero-order valence-electron chi connectivity index (χ0n) is 9.93. The Morgan fingerprint density at radius 3 is 3.00 bits per heavy atom. The molecule has 1 N–H and O–H groups in total. The minimum Gasteiger partial charge on any atom is -0.495 e. The number of rotatable bonds is 4. The lowest BCUT2D eigenvalue weighted by Crippen LogP contribution is -1.99. The largest absolute Gasteiger partial charge is 0.495 e. The molecule has 1 saturated carbocycles. The first kappa shape index (κ1) is 11.0. The van der Waals surface area contributed by atoms with Gasteiger partial charge in [0.05, 0.1) is 18.8 Å². The van der Waals surface area contributed by atoms with E-state index in [-0.39, 0.29) is 5.82 Å². The van der Waals surface area contributed by atoms with Gasteiger partial charge >= 0.3 is 0 Å². The normalized spacial score (nSPS) is 14.6. The van der Waals surface area contributed by atoms with Crippen LogP contribution >= 0.6 is 0 Å². The third-order valence-corrected chi connectivity index (χ3v) is 2.84. The molecule has 2 aromatic rings. The van der Waals surface area contributed by atoms with Crippen LogP contribution in [-0.2, 0) is 0 Å². The fourth-order valence-electron chi connectivity index (χ4n) is 1.75. The van der Waals surface area contributed by atoms with Gasteiger partial charge in [-0.05, 0) is 25.0 Å². The van der Waals surface area contributed by atoms with Crippen LogP contribution in [0.1, 0.15) is 18.9 Å². The van der Waals surface area contributed by atoms with E-state index >= 15 is 0 Å². The van der Waals surface area contributed by atoms with E-state index in [1.54, 1.807) is 12.4 Å². The maximum Gasteiger partial charge on any atom is 0.246 e. The Balaban J connectivity index is 1.83. The lowest BCUT2D eigenvalue weighted by Gasteiger charge is -2.08. The van der Waals surface area contributed by atoms with Crippen LogP contribution in [0.15, 0.2) is 24.5 Å². The molecule has 0 spiro atoms. The van der Waals surface area contributed by atoms with Crippen LogP contribution in [0.2, 0.25) is 0 Å². The van der Waals surface area contributed by atoms with Crippen LogP contribution in [0.4, 0.5) is 16.0 Å². The van der Waals surface area contributed by atoms with Crippen LogP contribution in [0.3, 0.4) is 0 Å². The molecule has 0 saturated heterocycles. The van der Waals surface area contributed by atoms with Crippen LogP contribution in [-0.4, -0.2) is 21.9 Å². The molecule has 1 aromatic heterocycles. The van der Waals surface area contributed by atoms with E-state index in [1.165, 1.54) is 19.2 Å². The summed E-state index contributed by atoms with van der Waals surface area (Å²) in [6.45, 7) is 0. The quantitative estimate of drug-likeness (QED) is 0.903. The van der Waals surface area contributed by atoms with Gasteiger partial charge in [-0.1, -0.05) is 0 Å². The van der Waals surface area contributed by atoms with Gasteiger partial charge in [-0.2, -0.15) is 0 Å². The number of halogens is 1. The second-order valence-corrected chi connectivity index (χ2v) is 4.25. The molecular weight excluding hydrogens is 235 g/mol. The van der Waals surface area contributed by atoms with Crippen LogP contribution in [0, 0.1) is 5.82 Å². The molecule has 0 atom stereocenters. The van der Waals surface area contributed by atoms with Gasteiger partial charge in [0.2, 0.25) is 5.95 Å². The van der Waals surface area contributed by atoms with E-state index in [4.69, 9.17) is 4.74 Å². The average molecular weight is 248 g/mol. The van der Waals surface area contributed by atoms with E-state index in [1.807, 2.05) is 4.68 Å². The number of methoxy groups -OCH3 is 1. The molecule has 1 heterocycles. The zero-order chi connectivity index (χ0) is 12.5. The molecular formula is C12H13FN4O. The highest BCUT2D eigenvalue weighted by Crippen LogP contribution is 2.34. The SMILES string of the molecule is COc1ccc(F)cc1Nc1ncn(C2CC2)n1. The summed E-state index contributed by atoms with van der Waals surface area (Å²) < 4.78 is 20.2. The molecule has 0 radical (unpaired) electrons. The van der Waals surface area contributed by atoms with Gasteiger partial charge in [-0.3, -0.25) is 0 Å². The van der Waals surface area contributed by atoms with Crippen molar-refractivity contribution in [2.24, 2.45) is 0 Å². The highest BCUT2D eigenvalue weighted by molar-refractivity contribution is 5.62. The minimum absolute atomic E-state index is 0.333. The molecule has 1 aliphatic rings. The van der Waals surface area contributed by atoms with Gasteiger partial charge in [0.15, 0.2) is 0 Å². The molecule has 18 heavy (non-hydrogen) atoms. The first-order valence-corrected chi connectivity index (χ1v) is 5.78. The number of anilines is 2. The maximum atomic E-state index is 13.2. The summed E-state index contributed by atoms with van der Waals surface area (Å²) in [5.41, 5.74) is 0.519. The third kappa shape index (κ3) is 2.13. The van der Waals surface area contributed by atoms with Gasteiger partial charge in [-0.25, -0.2) is 14.1 Å². The molecule has 3 rings (SSSR count). The van der Waals surface area contributed by atoms with Crippen molar-refractivity contribution in [3.63, 3.8) is 0 Å². The Morgan fingerprint density at radius 2 is 2.28 bits per heavy atom. The topological polar surface area (TPSA) is 52.0 Å². The first-order chi connectivity index (χ1) is 8.76. The fraction of sp³-hybridized carbons (Fsp3) is 0.333. The van der Waals surface area contributed by atoms with Gasteiger partial charge in [0.25, 0.3) is 0 Å². The minimum atomic E-state index is -0.333. The van der Waals surface area contributed by atoms with Crippen molar-refractivity contribution in [1.82, 2.24) is 14.8 Å². The molecule has 1 fully saturated rings. The second kappa shape index (κ2) is 4.29. The predicted molar refractivity (Wildman–Crippen MR) is 64.5 cm³/mol. The van der Waals surface area contributed by atoms with Crippen molar-refractivity contribution in [1.29, 1.82) is 0 Å². The molecule has 5 nitrogen and oxygen atoms in total. The van der Waals surface area contributed by atoms with Crippen LogP contribution in [0.5, 0.6) is 5.75 Å². The van der Waals surface area contributed by atoms with Crippen molar-refractivity contribution in [3.8, 4) is 5.75 Å². The van der Waals surface area contributed by atoms with Crippen LogP contribution < -0.4 is 10.1 Å². The summed E-state index contributed by atoms with van der Waals surface area (Å²) in [7, 11) is 1.54. The predicted octanol–water partition coefficient (Wildman–Crippen LogP) is 2.50. The van der Waals surface area contributed by atoms with Crippen molar-refractivity contribution >= 4 is 11.6 Å². The summed E-state index contributed by atoms with van der Waals surface area (Å²) in [6, 6.07) is 4.74. The molecule has 0 amide bonds. The van der Waals surface area contributed by atoms with E-state index in [2.05, 4.69) is 15.4 Å². The van der Waals surface area contributed by atoms with Gasteiger partial charge in [0, 0.05) is 6.07 Å². The Labute approximate surface area is 104 Å². The Kier molecular flexibility index (Phi) is 2.62. The zero-order valence-corrected chi connectivity index (χ0v) is 9.93. The van der Waals surface area contributed by atoms with E-state index in [0.29, 0.717) is 23.4 Å². The molecule has 1 aromatic carbocycles. The summed E-state index contributed by atoms with van der Waals surface area (Å²) in [5.74, 6) is 0.671. The first-order valence-electron chi connectivity index (χ1n) is 5.78. The molecule has 94 valence electrons. The highest BCUT2D eigenvalue weighted by Gasteiger charge is 2.24. The summed E-state index contributed by atoms with van der Waals surface area (Å²) >= 11 is 0. The number of ether oxygens (including phenoxy) is 1. The van der Waals surface area contributed by atoms with Crippen molar-refractivity contribution in [2.75, 3.05) is 12.4 Å². The Hall–Kier alpha value is -2.11. The van der Waals surface area contributed by atoms with E-state index in [0.717, 1.165) is 12.8 Å². The molecule has 0 unspecified atom stereocenters. The van der Waals surface area contributed by atoms with E-state index in [9.17, 15) is 4.39 Å². The number of hydrogen-bond donors (Lipinski definition) is 1. The number of nitrogens with zero attached hydrogens (tertiary/aromatic N) is 3. The highest BCUT2D eigenvalue weighted by atomic mass is 19.1. The Morgan fingerprint density at radius 1 is 1.44 bits per heavy atom. The second-order valence-electron chi connectivity index (χ2n) is 4.25.